The summed E-state index contributed by atoms with van der Waals surface area (Å²) in [5.74, 6) is -0.484. The van der Waals surface area contributed by atoms with Crippen molar-refractivity contribution in [1.82, 2.24) is 0 Å². The Hall–Kier alpha value is -2.08. The standard InChI is InChI=1S/C17H23NO5/c1-22-10-11-23-15-8-6-14(7-9-15)18-16(19)12-2-4-13(5-3-12)17(20)21/h6-9,12-13H,2-5,10-11H2,1H3,(H,18,19)(H,20,21). The molecule has 6 nitrogen and oxygen atoms in total. The molecule has 23 heavy (non-hydrogen) atoms. The van der Waals surface area contributed by atoms with Crippen molar-refractivity contribution >= 4 is 17.6 Å². The number of rotatable bonds is 7. The third-order valence-electron chi connectivity index (χ3n) is 4.13. The molecule has 0 atom stereocenters. The van der Waals surface area contributed by atoms with Crippen LogP contribution in [0.1, 0.15) is 25.7 Å². The number of anilines is 1. The van der Waals surface area contributed by atoms with Gasteiger partial charge in [-0.15, -0.1) is 0 Å². The molecule has 1 aromatic rings. The van der Waals surface area contributed by atoms with Crippen molar-refractivity contribution in [3.05, 3.63) is 24.3 Å². The monoisotopic (exact) mass is 321 g/mol. The van der Waals surface area contributed by atoms with Crippen LogP contribution in [0, 0.1) is 11.8 Å². The first-order chi connectivity index (χ1) is 11.1. The minimum atomic E-state index is -0.757. The van der Waals surface area contributed by atoms with E-state index in [9.17, 15) is 9.59 Å². The zero-order valence-corrected chi connectivity index (χ0v) is 13.3. The van der Waals surface area contributed by atoms with Crippen LogP contribution in [0.15, 0.2) is 24.3 Å². The first-order valence-electron chi connectivity index (χ1n) is 7.85. The number of hydrogen-bond donors (Lipinski definition) is 2. The molecule has 0 unspecified atom stereocenters. The van der Waals surface area contributed by atoms with E-state index < -0.39 is 5.97 Å². The topological polar surface area (TPSA) is 84.9 Å². The number of carboxylic acid groups (broad SMARTS) is 1. The predicted octanol–water partition coefficient (Wildman–Crippen LogP) is 2.54. The van der Waals surface area contributed by atoms with Crippen molar-refractivity contribution in [2.24, 2.45) is 11.8 Å². The summed E-state index contributed by atoms with van der Waals surface area (Å²) < 4.78 is 10.4. The second-order valence-electron chi connectivity index (χ2n) is 5.74. The Labute approximate surface area is 135 Å². The van der Waals surface area contributed by atoms with Gasteiger partial charge in [-0.05, 0) is 49.9 Å². The molecule has 0 saturated heterocycles. The molecular formula is C17H23NO5. The maximum absolute atomic E-state index is 12.2. The summed E-state index contributed by atoms with van der Waals surface area (Å²) in [6, 6.07) is 7.19. The zero-order chi connectivity index (χ0) is 16.7. The van der Waals surface area contributed by atoms with Gasteiger partial charge in [-0.25, -0.2) is 0 Å². The van der Waals surface area contributed by atoms with Crippen molar-refractivity contribution in [2.45, 2.75) is 25.7 Å². The fourth-order valence-electron chi connectivity index (χ4n) is 2.72. The van der Waals surface area contributed by atoms with E-state index in [1.165, 1.54) is 0 Å². The summed E-state index contributed by atoms with van der Waals surface area (Å²) in [7, 11) is 1.62. The highest BCUT2D eigenvalue weighted by molar-refractivity contribution is 5.92. The van der Waals surface area contributed by atoms with Crippen LogP contribution in [-0.2, 0) is 14.3 Å². The number of hydrogen-bond acceptors (Lipinski definition) is 4. The van der Waals surface area contributed by atoms with Crippen LogP contribution in [0.4, 0.5) is 5.69 Å². The van der Waals surface area contributed by atoms with E-state index in [-0.39, 0.29) is 17.7 Å². The van der Waals surface area contributed by atoms with Gasteiger partial charge in [-0.1, -0.05) is 0 Å². The number of carboxylic acids is 1. The van der Waals surface area contributed by atoms with Gasteiger partial charge >= 0.3 is 5.97 Å². The maximum Gasteiger partial charge on any atom is 0.306 e. The van der Waals surface area contributed by atoms with E-state index in [1.807, 2.05) is 0 Å². The van der Waals surface area contributed by atoms with Crippen molar-refractivity contribution in [3.63, 3.8) is 0 Å². The van der Waals surface area contributed by atoms with Crippen LogP contribution >= 0.6 is 0 Å². The van der Waals surface area contributed by atoms with E-state index in [4.69, 9.17) is 14.6 Å². The molecule has 0 radical (unpaired) electrons. The van der Waals surface area contributed by atoms with Crippen LogP contribution in [-0.4, -0.2) is 37.3 Å². The SMILES string of the molecule is COCCOc1ccc(NC(=O)C2CCC(C(=O)O)CC2)cc1. The first kappa shape index (κ1) is 17.3. The van der Waals surface area contributed by atoms with Gasteiger partial charge in [0.15, 0.2) is 0 Å². The van der Waals surface area contributed by atoms with Gasteiger partial charge in [0.2, 0.25) is 5.91 Å². The normalized spacial score (nSPS) is 20.7. The molecule has 126 valence electrons. The largest absolute Gasteiger partial charge is 0.491 e. The summed E-state index contributed by atoms with van der Waals surface area (Å²) in [5.41, 5.74) is 0.717. The van der Waals surface area contributed by atoms with Crippen LogP contribution in [0.3, 0.4) is 0 Å². The third-order valence-corrected chi connectivity index (χ3v) is 4.13. The minimum Gasteiger partial charge on any atom is -0.491 e. The lowest BCUT2D eigenvalue weighted by atomic mass is 9.81. The molecule has 0 aliphatic heterocycles. The summed E-state index contributed by atoms with van der Waals surface area (Å²) in [5, 5.41) is 11.9. The lowest BCUT2D eigenvalue weighted by molar-refractivity contribution is -0.143. The molecular weight excluding hydrogens is 298 g/mol. The smallest absolute Gasteiger partial charge is 0.306 e. The average Bonchev–Trinajstić information content (AvgIpc) is 2.56. The Morgan fingerprint density at radius 1 is 1.09 bits per heavy atom. The molecule has 0 heterocycles. The number of aliphatic carboxylic acids is 1. The molecule has 1 fully saturated rings. The molecule has 0 spiro atoms. The summed E-state index contributed by atoms with van der Waals surface area (Å²) in [6.45, 7) is 1.01. The van der Waals surface area contributed by atoms with Crippen molar-refractivity contribution in [2.75, 3.05) is 25.6 Å². The van der Waals surface area contributed by atoms with Gasteiger partial charge in [0.25, 0.3) is 0 Å². The van der Waals surface area contributed by atoms with Gasteiger partial charge < -0.3 is 19.9 Å². The number of ether oxygens (including phenoxy) is 2. The first-order valence-corrected chi connectivity index (χ1v) is 7.85. The Kier molecular flexibility index (Phi) is 6.40. The highest BCUT2D eigenvalue weighted by atomic mass is 16.5. The average molecular weight is 321 g/mol. The van der Waals surface area contributed by atoms with E-state index >= 15 is 0 Å². The van der Waals surface area contributed by atoms with E-state index in [0.717, 1.165) is 11.4 Å². The lowest BCUT2D eigenvalue weighted by Crippen LogP contribution is -2.29. The van der Waals surface area contributed by atoms with Crippen LogP contribution in [0.2, 0.25) is 0 Å². The molecule has 6 heteroatoms. The summed E-state index contributed by atoms with van der Waals surface area (Å²) >= 11 is 0. The molecule has 0 bridgehead atoms. The van der Waals surface area contributed by atoms with Crippen molar-refractivity contribution in [1.29, 1.82) is 0 Å². The second-order valence-corrected chi connectivity index (χ2v) is 5.74. The molecule has 1 aliphatic carbocycles. The minimum absolute atomic E-state index is 0.0399. The summed E-state index contributed by atoms with van der Waals surface area (Å²) in [4.78, 5) is 23.2. The molecule has 2 rings (SSSR count). The van der Waals surface area contributed by atoms with Gasteiger partial charge in [0.05, 0.1) is 12.5 Å². The Morgan fingerprint density at radius 2 is 1.70 bits per heavy atom. The van der Waals surface area contributed by atoms with Gasteiger partial charge in [-0.2, -0.15) is 0 Å². The van der Waals surface area contributed by atoms with Gasteiger partial charge in [0.1, 0.15) is 12.4 Å². The lowest BCUT2D eigenvalue weighted by Gasteiger charge is -2.25. The van der Waals surface area contributed by atoms with Crippen molar-refractivity contribution in [3.8, 4) is 5.75 Å². The third kappa shape index (κ3) is 5.25. The van der Waals surface area contributed by atoms with Crippen molar-refractivity contribution < 1.29 is 24.2 Å². The number of carbonyl (C=O) groups excluding carboxylic acids is 1. The fraction of sp³-hybridized carbons (Fsp3) is 0.529. The molecule has 1 aromatic carbocycles. The number of amides is 1. The highest BCUT2D eigenvalue weighted by Gasteiger charge is 2.29. The maximum atomic E-state index is 12.2. The number of carbonyl (C=O) groups is 2. The molecule has 2 N–H and O–H groups in total. The van der Waals surface area contributed by atoms with Gasteiger partial charge in [-0.3, -0.25) is 9.59 Å². The van der Waals surface area contributed by atoms with E-state index in [0.29, 0.717) is 38.9 Å². The fourth-order valence-corrected chi connectivity index (χ4v) is 2.72. The predicted molar refractivity (Wildman–Crippen MR) is 85.5 cm³/mol. The second kappa shape index (κ2) is 8.53. The molecule has 1 aliphatic rings. The molecule has 1 amide bonds. The van der Waals surface area contributed by atoms with Gasteiger partial charge in [0, 0.05) is 18.7 Å². The number of nitrogens with one attached hydrogen (secondary N) is 1. The van der Waals surface area contributed by atoms with E-state index in [1.54, 1.807) is 31.4 Å². The van der Waals surface area contributed by atoms with E-state index in [2.05, 4.69) is 5.32 Å². The highest BCUT2D eigenvalue weighted by Crippen LogP contribution is 2.30. The summed E-state index contributed by atoms with van der Waals surface area (Å²) in [6.07, 6.45) is 2.39. The number of methoxy groups -OCH3 is 1. The van der Waals surface area contributed by atoms with Crippen LogP contribution < -0.4 is 10.1 Å². The quantitative estimate of drug-likeness (QED) is 0.754. The van der Waals surface area contributed by atoms with Crippen LogP contribution in [0.25, 0.3) is 0 Å². The molecule has 0 aromatic heterocycles. The van der Waals surface area contributed by atoms with Crippen LogP contribution in [0.5, 0.6) is 5.75 Å². The molecule has 1 saturated carbocycles. The Bertz CT molecular complexity index is 520. The number of benzene rings is 1. The zero-order valence-electron chi connectivity index (χ0n) is 13.3. The Balaban J connectivity index is 1.80. The Morgan fingerprint density at radius 3 is 2.26 bits per heavy atom.